The second kappa shape index (κ2) is 4.89. The minimum atomic E-state index is 0.534. The molecule has 2 aliphatic rings. The van der Waals surface area contributed by atoms with Gasteiger partial charge in [-0.1, -0.05) is 6.92 Å². The Labute approximate surface area is 92.4 Å². The molecular formula is C12H23NS. The average molecular weight is 213 g/mol. The quantitative estimate of drug-likeness (QED) is 0.773. The van der Waals surface area contributed by atoms with Gasteiger partial charge in [0.1, 0.15) is 0 Å². The molecule has 2 heteroatoms. The molecule has 0 spiro atoms. The summed E-state index contributed by atoms with van der Waals surface area (Å²) in [6.07, 6.45) is 8.53. The molecule has 2 heterocycles. The lowest BCUT2D eigenvalue weighted by Gasteiger charge is -2.34. The first-order chi connectivity index (χ1) is 6.85. The van der Waals surface area contributed by atoms with E-state index in [1.807, 2.05) is 0 Å². The van der Waals surface area contributed by atoms with E-state index in [4.69, 9.17) is 0 Å². The van der Waals surface area contributed by atoms with Crippen LogP contribution in [0.15, 0.2) is 0 Å². The van der Waals surface area contributed by atoms with Gasteiger partial charge in [-0.05, 0) is 62.5 Å². The van der Waals surface area contributed by atoms with Crippen molar-refractivity contribution in [2.75, 3.05) is 18.1 Å². The molecule has 14 heavy (non-hydrogen) atoms. The predicted octanol–water partition coefficient (Wildman–Crippen LogP) is 3.05. The Morgan fingerprint density at radius 2 is 2.14 bits per heavy atom. The number of nitrogens with one attached hydrogen (secondary N) is 1. The van der Waals surface area contributed by atoms with E-state index in [0.29, 0.717) is 5.54 Å². The third kappa shape index (κ3) is 2.46. The van der Waals surface area contributed by atoms with Crippen LogP contribution in [0.2, 0.25) is 0 Å². The molecule has 2 rings (SSSR count). The van der Waals surface area contributed by atoms with Crippen molar-refractivity contribution in [2.24, 2.45) is 5.92 Å². The standard InChI is InChI=1S/C12H23NS/c1-2-12(6-3-7-13-12)10-11-4-8-14-9-5-11/h11,13H,2-10H2,1H3. The fourth-order valence-electron chi connectivity index (χ4n) is 2.99. The third-order valence-electron chi connectivity index (χ3n) is 4.03. The molecule has 1 N–H and O–H groups in total. The van der Waals surface area contributed by atoms with Crippen molar-refractivity contribution in [2.45, 2.75) is 51.0 Å². The van der Waals surface area contributed by atoms with E-state index in [2.05, 4.69) is 24.0 Å². The molecule has 1 atom stereocenters. The number of hydrogen-bond donors (Lipinski definition) is 1. The minimum Gasteiger partial charge on any atom is -0.311 e. The topological polar surface area (TPSA) is 12.0 Å². The summed E-state index contributed by atoms with van der Waals surface area (Å²) in [5.41, 5.74) is 0.534. The van der Waals surface area contributed by atoms with Crippen LogP contribution in [0, 0.1) is 5.92 Å². The molecular weight excluding hydrogens is 190 g/mol. The van der Waals surface area contributed by atoms with E-state index < -0.39 is 0 Å². The lowest BCUT2D eigenvalue weighted by molar-refractivity contribution is 0.264. The molecule has 82 valence electrons. The minimum absolute atomic E-state index is 0.534. The van der Waals surface area contributed by atoms with Gasteiger partial charge in [0.15, 0.2) is 0 Å². The van der Waals surface area contributed by atoms with Gasteiger partial charge in [0.05, 0.1) is 0 Å². The molecule has 2 fully saturated rings. The van der Waals surface area contributed by atoms with Crippen LogP contribution in [0.1, 0.15) is 45.4 Å². The maximum atomic E-state index is 3.76. The zero-order valence-corrected chi connectivity index (χ0v) is 10.2. The fraction of sp³-hybridized carbons (Fsp3) is 1.00. The first-order valence-electron chi connectivity index (χ1n) is 6.17. The summed E-state index contributed by atoms with van der Waals surface area (Å²) in [5.74, 6) is 3.83. The molecule has 0 aromatic carbocycles. The Bertz CT molecular complexity index is 169. The van der Waals surface area contributed by atoms with Crippen LogP contribution in [-0.4, -0.2) is 23.6 Å². The van der Waals surface area contributed by atoms with E-state index in [0.717, 1.165) is 5.92 Å². The molecule has 2 saturated heterocycles. The number of rotatable bonds is 3. The Kier molecular flexibility index (Phi) is 3.78. The van der Waals surface area contributed by atoms with Crippen LogP contribution in [-0.2, 0) is 0 Å². The maximum absolute atomic E-state index is 3.76. The van der Waals surface area contributed by atoms with Gasteiger partial charge in [0.2, 0.25) is 0 Å². The molecule has 0 radical (unpaired) electrons. The second-order valence-corrected chi connectivity index (χ2v) is 6.15. The lowest BCUT2D eigenvalue weighted by Crippen LogP contribution is -2.41. The first-order valence-corrected chi connectivity index (χ1v) is 7.33. The van der Waals surface area contributed by atoms with Crippen LogP contribution >= 0.6 is 11.8 Å². The van der Waals surface area contributed by atoms with Crippen molar-refractivity contribution >= 4 is 11.8 Å². The van der Waals surface area contributed by atoms with E-state index in [1.54, 1.807) is 0 Å². The second-order valence-electron chi connectivity index (χ2n) is 4.92. The molecule has 1 unspecified atom stereocenters. The molecule has 0 bridgehead atoms. The van der Waals surface area contributed by atoms with Crippen molar-refractivity contribution in [3.05, 3.63) is 0 Å². The van der Waals surface area contributed by atoms with Crippen molar-refractivity contribution in [3.8, 4) is 0 Å². The van der Waals surface area contributed by atoms with Gasteiger partial charge in [0.25, 0.3) is 0 Å². The molecule has 1 nitrogen and oxygen atoms in total. The Morgan fingerprint density at radius 1 is 1.36 bits per heavy atom. The maximum Gasteiger partial charge on any atom is 0.0182 e. The molecule has 0 aromatic rings. The van der Waals surface area contributed by atoms with Crippen molar-refractivity contribution in [1.29, 1.82) is 0 Å². The van der Waals surface area contributed by atoms with E-state index >= 15 is 0 Å². The van der Waals surface area contributed by atoms with Gasteiger partial charge >= 0.3 is 0 Å². The van der Waals surface area contributed by atoms with E-state index in [-0.39, 0.29) is 0 Å². The molecule has 0 saturated carbocycles. The summed E-state index contributed by atoms with van der Waals surface area (Å²) in [7, 11) is 0. The Balaban J connectivity index is 1.86. The SMILES string of the molecule is CCC1(CC2CCSCC2)CCCN1. The largest absolute Gasteiger partial charge is 0.311 e. The van der Waals surface area contributed by atoms with Crippen molar-refractivity contribution in [3.63, 3.8) is 0 Å². The summed E-state index contributed by atoms with van der Waals surface area (Å²) >= 11 is 2.14. The fourth-order valence-corrected chi connectivity index (χ4v) is 4.20. The first kappa shape index (κ1) is 10.8. The van der Waals surface area contributed by atoms with Crippen LogP contribution < -0.4 is 5.32 Å². The van der Waals surface area contributed by atoms with E-state index in [9.17, 15) is 0 Å². The molecule has 0 aliphatic carbocycles. The summed E-state index contributed by atoms with van der Waals surface area (Å²) in [5, 5.41) is 3.76. The van der Waals surface area contributed by atoms with E-state index in [1.165, 1.54) is 56.6 Å². The highest BCUT2D eigenvalue weighted by Gasteiger charge is 2.34. The van der Waals surface area contributed by atoms with Gasteiger partial charge in [-0.15, -0.1) is 0 Å². The van der Waals surface area contributed by atoms with Crippen molar-refractivity contribution in [1.82, 2.24) is 5.32 Å². The summed E-state index contributed by atoms with van der Waals surface area (Å²) in [6, 6.07) is 0. The summed E-state index contributed by atoms with van der Waals surface area (Å²) in [6.45, 7) is 3.62. The zero-order valence-electron chi connectivity index (χ0n) is 9.35. The normalized spacial score (nSPS) is 34.9. The van der Waals surface area contributed by atoms with Crippen LogP contribution in [0.4, 0.5) is 0 Å². The highest BCUT2D eigenvalue weighted by atomic mass is 32.2. The van der Waals surface area contributed by atoms with Gasteiger partial charge < -0.3 is 5.32 Å². The number of thioether (sulfide) groups is 1. The third-order valence-corrected chi connectivity index (χ3v) is 5.08. The highest BCUT2D eigenvalue weighted by Crippen LogP contribution is 2.35. The van der Waals surface area contributed by atoms with Gasteiger partial charge in [-0.25, -0.2) is 0 Å². The number of hydrogen-bond acceptors (Lipinski definition) is 2. The highest BCUT2D eigenvalue weighted by molar-refractivity contribution is 7.99. The average Bonchev–Trinajstić information content (AvgIpc) is 2.69. The summed E-state index contributed by atoms with van der Waals surface area (Å²) < 4.78 is 0. The van der Waals surface area contributed by atoms with Gasteiger partial charge in [-0.2, -0.15) is 11.8 Å². The molecule has 0 amide bonds. The predicted molar refractivity (Wildman–Crippen MR) is 64.9 cm³/mol. The summed E-state index contributed by atoms with van der Waals surface area (Å²) in [4.78, 5) is 0. The van der Waals surface area contributed by atoms with Gasteiger partial charge in [-0.3, -0.25) is 0 Å². The Morgan fingerprint density at radius 3 is 2.71 bits per heavy atom. The van der Waals surface area contributed by atoms with Crippen LogP contribution in [0.5, 0.6) is 0 Å². The molecule has 0 aromatic heterocycles. The zero-order chi connectivity index (χ0) is 9.86. The van der Waals surface area contributed by atoms with Crippen LogP contribution in [0.3, 0.4) is 0 Å². The van der Waals surface area contributed by atoms with Crippen molar-refractivity contribution < 1.29 is 0 Å². The van der Waals surface area contributed by atoms with Gasteiger partial charge in [0, 0.05) is 5.54 Å². The smallest absolute Gasteiger partial charge is 0.0182 e. The lowest BCUT2D eigenvalue weighted by atomic mass is 9.81. The van der Waals surface area contributed by atoms with Crippen LogP contribution in [0.25, 0.3) is 0 Å². The monoisotopic (exact) mass is 213 g/mol. The Hall–Kier alpha value is 0.310. The molecule has 2 aliphatic heterocycles.